The van der Waals surface area contributed by atoms with Gasteiger partial charge in [0, 0.05) is 24.2 Å². The van der Waals surface area contributed by atoms with Crippen LogP contribution in [0.3, 0.4) is 0 Å². The van der Waals surface area contributed by atoms with Crippen molar-refractivity contribution in [2.24, 2.45) is 0 Å². The number of benzene rings is 2. The van der Waals surface area contributed by atoms with Gasteiger partial charge in [-0.25, -0.2) is 13.5 Å². The predicted octanol–water partition coefficient (Wildman–Crippen LogP) is 4.72. The van der Waals surface area contributed by atoms with Crippen molar-refractivity contribution in [1.82, 2.24) is 25.3 Å². The number of fused-ring (bicyclic) bond motifs is 1. The van der Waals surface area contributed by atoms with Gasteiger partial charge >= 0.3 is 0 Å². The highest BCUT2D eigenvalue weighted by Gasteiger charge is 2.30. The second-order valence-corrected chi connectivity index (χ2v) is 9.25. The Morgan fingerprint density at radius 2 is 1.90 bits per heavy atom. The van der Waals surface area contributed by atoms with Crippen LogP contribution in [-0.2, 0) is 17.1 Å². The number of halogens is 4. The van der Waals surface area contributed by atoms with Gasteiger partial charge in [0.15, 0.2) is 28.9 Å². The fourth-order valence-electron chi connectivity index (χ4n) is 4.01. The average molecular weight is 546 g/mol. The summed E-state index contributed by atoms with van der Waals surface area (Å²) < 4.78 is 60.9. The Labute approximate surface area is 221 Å². The lowest BCUT2D eigenvalue weighted by molar-refractivity contribution is -0.124. The summed E-state index contributed by atoms with van der Waals surface area (Å²) >= 11 is 0. The first-order valence-electron chi connectivity index (χ1n) is 12.3. The molecule has 2 aromatic carbocycles. The molecule has 0 aliphatic heterocycles. The summed E-state index contributed by atoms with van der Waals surface area (Å²) in [6.45, 7) is 2.81. The van der Waals surface area contributed by atoms with E-state index in [9.17, 15) is 27.5 Å². The van der Waals surface area contributed by atoms with Gasteiger partial charge in [-0.1, -0.05) is 37.1 Å². The first-order valence-corrected chi connectivity index (χ1v) is 12.3. The third-order valence-corrected chi connectivity index (χ3v) is 6.27. The lowest BCUT2D eigenvalue weighted by atomic mass is 10.1. The van der Waals surface area contributed by atoms with E-state index < -0.39 is 53.2 Å². The molecule has 2 N–H and O–H groups in total. The van der Waals surface area contributed by atoms with Crippen molar-refractivity contribution < 1.29 is 32.2 Å². The summed E-state index contributed by atoms with van der Waals surface area (Å²) in [5.74, 6) is -8.73. The Morgan fingerprint density at radius 3 is 2.62 bits per heavy atom. The van der Waals surface area contributed by atoms with Crippen molar-refractivity contribution in [1.29, 1.82) is 0 Å². The van der Waals surface area contributed by atoms with Gasteiger partial charge in [-0.05, 0) is 37.1 Å². The maximum absolute atomic E-state index is 13.9. The number of hydrogen-bond acceptors (Lipinski definition) is 7. The number of nitrogens with one attached hydrogen (secondary N) is 1. The van der Waals surface area contributed by atoms with Gasteiger partial charge < -0.3 is 9.84 Å². The number of aliphatic hydroxyl groups is 1. The molecule has 0 aliphatic carbocycles. The summed E-state index contributed by atoms with van der Waals surface area (Å²) in [7, 11) is 0. The zero-order chi connectivity index (χ0) is 28.2. The molecule has 0 bridgehead atoms. The molecular formula is C27H27F4N5O3. The number of nitrogens with zero attached hydrogens (tertiary/aromatic N) is 4. The fraction of sp³-hybridized carbons (Fsp3) is 0.333. The number of Topliss-reactive ketones (excluding diaryl/α,β-unsaturated/α-hetero) is 1. The van der Waals surface area contributed by atoms with Crippen molar-refractivity contribution >= 4 is 16.7 Å². The minimum atomic E-state index is -1.74. The zero-order valence-electron chi connectivity index (χ0n) is 21.3. The number of carbonyl (C=O) groups is 1. The standard InChI is InChI=1S/C27H27F4N5O3/c1-3-4-7-21(22(37)15-39-26-24(30)18(28)12-19(29)25(26)31)36-14-23(34-35-36)27(2,38)33-13-16-8-9-20-17(11-16)6-5-10-32-20/h5-6,8-12,14,21,33,38H,3-4,7,13,15H2,1-2H3/t21?,27-/m0/s1. The summed E-state index contributed by atoms with van der Waals surface area (Å²) in [6, 6.07) is 8.55. The van der Waals surface area contributed by atoms with Gasteiger partial charge in [0.25, 0.3) is 0 Å². The van der Waals surface area contributed by atoms with Crippen LogP contribution in [0.25, 0.3) is 10.9 Å². The van der Waals surface area contributed by atoms with Crippen molar-refractivity contribution in [3.8, 4) is 5.75 Å². The molecule has 4 aromatic rings. The van der Waals surface area contributed by atoms with Crippen LogP contribution >= 0.6 is 0 Å². The number of aromatic nitrogens is 4. The molecule has 206 valence electrons. The van der Waals surface area contributed by atoms with E-state index in [1.54, 1.807) is 6.20 Å². The van der Waals surface area contributed by atoms with Gasteiger partial charge in [-0.3, -0.25) is 15.1 Å². The zero-order valence-corrected chi connectivity index (χ0v) is 21.3. The number of rotatable bonds is 12. The lowest BCUT2D eigenvalue weighted by Gasteiger charge is -2.22. The van der Waals surface area contributed by atoms with Crippen molar-refractivity contribution in [2.75, 3.05) is 6.61 Å². The molecule has 4 rings (SSSR count). The van der Waals surface area contributed by atoms with E-state index in [4.69, 9.17) is 4.74 Å². The Bertz CT molecular complexity index is 1450. The van der Waals surface area contributed by atoms with Gasteiger partial charge in [-0.15, -0.1) is 5.10 Å². The van der Waals surface area contributed by atoms with Gasteiger partial charge in [-0.2, -0.15) is 8.78 Å². The number of ketones is 1. The molecule has 0 fully saturated rings. The van der Waals surface area contributed by atoms with Crippen LogP contribution in [0.4, 0.5) is 17.6 Å². The van der Waals surface area contributed by atoms with E-state index in [1.807, 2.05) is 37.3 Å². The van der Waals surface area contributed by atoms with E-state index in [2.05, 4.69) is 20.6 Å². The molecule has 0 saturated heterocycles. The van der Waals surface area contributed by atoms with Crippen LogP contribution in [0.15, 0.2) is 48.8 Å². The third-order valence-electron chi connectivity index (χ3n) is 6.27. The topological polar surface area (TPSA) is 102 Å². The van der Waals surface area contributed by atoms with Crippen molar-refractivity contribution in [3.63, 3.8) is 0 Å². The number of ether oxygens (including phenoxy) is 1. The van der Waals surface area contributed by atoms with Crippen LogP contribution in [0, 0.1) is 23.3 Å². The molecule has 2 atom stereocenters. The maximum atomic E-state index is 13.9. The molecule has 39 heavy (non-hydrogen) atoms. The summed E-state index contributed by atoms with van der Waals surface area (Å²) in [5, 5.41) is 23.0. The Kier molecular flexibility index (Phi) is 8.56. The largest absolute Gasteiger partial charge is 0.479 e. The lowest BCUT2D eigenvalue weighted by Crippen LogP contribution is -2.39. The predicted molar refractivity (Wildman–Crippen MR) is 134 cm³/mol. The van der Waals surface area contributed by atoms with Crippen molar-refractivity contribution in [3.05, 3.63) is 83.3 Å². The fourth-order valence-corrected chi connectivity index (χ4v) is 4.01. The molecule has 2 heterocycles. The van der Waals surface area contributed by atoms with Crippen LogP contribution < -0.4 is 10.1 Å². The van der Waals surface area contributed by atoms with Crippen LogP contribution in [-0.4, -0.2) is 37.5 Å². The minimum absolute atomic E-state index is 0.0530. The van der Waals surface area contributed by atoms with Crippen LogP contribution in [0.2, 0.25) is 0 Å². The van der Waals surface area contributed by atoms with Gasteiger partial charge in [0.2, 0.25) is 11.6 Å². The molecule has 0 aliphatic rings. The highest BCUT2D eigenvalue weighted by Crippen LogP contribution is 2.27. The monoisotopic (exact) mass is 545 g/mol. The van der Waals surface area contributed by atoms with Crippen LogP contribution in [0.1, 0.15) is 50.4 Å². The summed E-state index contributed by atoms with van der Waals surface area (Å²) in [4.78, 5) is 17.2. The molecular weight excluding hydrogens is 518 g/mol. The molecule has 0 radical (unpaired) electrons. The van der Waals surface area contributed by atoms with Crippen molar-refractivity contribution in [2.45, 2.75) is 51.4 Å². The first kappa shape index (κ1) is 28.1. The Balaban J connectivity index is 1.47. The quantitative estimate of drug-likeness (QED) is 0.151. The highest BCUT2D eigenvalue weighted by atomic mass is 19.2. The number of pyridine rings is 1. The van der Waals surface area contributed by atoms with E-state index >= 15 is 0 Å². The second kappa shape index (κ2) is 11.9. The summed E-state index contributed by atoms with van der Waals surface area (Å²) in [5.41, 5.74) is 0.243. The Hall–Kier alpha value is -3.90. The summed E-state index contributed by atoms with van der Waals surface area (Å²) in [6.07, 6.45) is 4.69. The molecule has 2 aromatic heterocycles. The van der Waals surface area contributed by atoms with Crippen LogP contribution in [0.5, 0.6) is 5.75 Å². The third kappa shape index (κ3) is 6.40. The normalized spacial score (nSPS) is 13.8. The van der Waals surface area contributed by atoms with E-state index in [0.29, 0.717) is 6.42 Å². The molecule has 1 unspecified atom stereocenters. The average Bonchev–Trinajstić information content (AvgIpc) is 3.42. The molecule has 0 spiro atoms. The number of carbonyl (C=O) groups excluding carboxylic acids is 1. The maximum Gasteiger partial charge on any atom is 0.203 e. The number of hydrogen-bond donors (Lipinski definition) is 2. The highest BCUT2D eigenvalue weighted by molar-refractivity contribution is 5.84. The van der Waals surface area contributed by atoms with Gasteiger partial charge in [0.1, 0.15) is 18.3 Å². The molecule has 0 amide bonds. The van der Waals surface area contributed by atoms with Gasteiger partial charge in [0.05, 0.1) is 11.7 Å². The Morgan fingerprint density at radius 1 is 1.15 bits per heavy atom. The van der Waals surface area contributed by atoms with E-state index in [1.165, 1.54) is 17.8 Å². The molecule has 12 heteroatoms. The molecule has 8 nitrogen and oxygen atoms in total. The smallest absolute Gasteiger partial charge is 0.203 e. The first-order chi connectivity index (χ1) is 18.6. The molecule has 0 saturated carbocycles. The SMILES string of the molecule is CCCCC(C(=O)COc1c(F)c(F)cc(F)c1F)n1cc([C@](C)(O)NCc2ccc3ncccc3c2)nn1. The second-order valence-electron chi connectivity index (χ2n) is 9.25. The number of unbranched alkanes of at least 4 members (excludes halogenated alkanes) is 1. The van der Waals surface area contributed by atoms with E-state index in [-0.39, 0.29) is 24.7 Å². The van der Waals surface area contributed by atoms with E-state index in [0.717, 1.165) is 22.9 Å². The minimum Gasteiger partial charge on any atom is -0.479 e.